The summed E-state index contributed by atoms with van der Waals surface area (Å²) in [4.78, 5) is 0. The Hall–Kier alpha value is -0.170. The number of likely N-dealkylation sites (N-methyl/N-ethyl adjacent to an activating group) is 1. The third-order valence-corrected chi connectivity index (χ3v) is 5.14. The van der Waals surface area contributed by atoms with E-state index in [1.54, 1.807) is 7.05 Å². The van der Waals surface area contributed by atoms with Gasteiger partial charge in [0.25, 0.3) is 10.2 Å². The van der Waals surface area contributed by atoms with Crippen LogP contribution in [0.25, 0.3) is 0 Å². The number of rotatable bonds is 6. The molecule has 17 heavy (non-hydrogen) atoms. The van der Waals surface area contributed by atoms with Crippen molar-refractivity contribution in [2.24, 2.45) is 5.73 Å². The summed E-state index contributed by atoms with van der Waals surface area (Å²) >= 11 is 0. The Kier molecular flexibility index (Phi) is 5.59. The Morgan fingerprint density at radius 2 is 1.59 bits per heavy atom. The molecule has 0 rings (SSSR count). The molecule has 5 nitrogen and oxygen atoms in total. The molecular weight excluding hydrogens is 238 g/mol. The molecule has 0 aromatic heterocycles. The second-order valence-corrected chi connectivity index (χ2v) is 7.16. The highest BCUT2D eigenvalue weighted by molar-refractivity contribution is 7.87. The van der Waals surface area contributed by atoms with Crippen molar-refractivity contribution in [2.45, 2.75) is 58.5 Å². The normalized spacial score (nSPS) is 14.4. The van der Waals surface area contributed by atoms with E-state index in [-0.39, 0.29) is 0 Å². The van der Waals surface area contributed by atoms with Crippen LogP contribution in [0, 0.1) is 0 Å². The molecule has 0 amide bonds. The lowest BCUT2D eigenvalue weighted by Gasteiger charge is -2.40. The first kappa shape index (κ1) is 16.8. The molecular formula is C11H27N3O2S. The van der Waals surface area contributed by atoms with E-state index < -0.39 is 21.3 Å². The average molecular weight is 265 g/mol. The minimum Gasteiger partial charge on any atom is -0.329 e. The molecule has 6 heteroatoms. The van der Waals surface area contributed by atoms with Gasteiger partial charge in [-0.25, -0.2) is 0 Å². The van der Waals surface area contributed by atoms with Gasteiger partial charge in [0.15, 0.2) is 0 Å². The summed E-state index contributed by atoms with van der Waals surface area (Å²) in [5, 5.41) is 0. The van der Waals surface area contributed by atoms with Crippen LogP contribution in [0.4, 0.5) is 0 Å². The average Bonchev–Trinajstić information content (AvgIpc) is 2.17. The van der Waals surface area contributed by atoms with Crippen molar-refractivity contribution in [3.8, 4) is 0 Å². The van der Waals surface area contributed by atoms with Crippen LogP contribution in [0.1, 0.15) is 47.5 Å². The number of hydrogen-bond acceptors (Lipinski definition) is 3. The zero-order chi connectivity index (χ0) is 13.9. The van der Waals surface area contributed by atoms with Crippen LogP contribution < -0.4 is 10.5 Å². The Morgan fingerprint density at radius 3 is 1.82 bits per heavy atom. The molecule has 0 bridgehead atoms. The fourth-order valence-corrected chi connectivity index (χ4v) is 3.58. The van der Waals surface area contributed by atoms with E-state index in [1.807, 2.05) is 34.6 Å². The van der Waals surface area contributed by atoms with Gasteiger partial charge in [0.2, 0.25) is 0 Å². The molecule has 0 radical (unpaired) electrons. The molecule has 0 unspecified atom stereocenters. The summed E-state index contributed by atoms with van der Waals surface area (Å²) in [6.07, 6.45) is 1.39. The predicted molar refractivity (Wildman–Crippen MR) is 71.9 cm³/mol. The maximum Gasteiger partial charge on any atom is 0.280 e. The van der Waals surface area contributed by atoms with E-state index in [1.165, 1.54) is 4.31 Å². The predicted octanol–water partition coefficient (Wildman–Crippen LogP) is 1.07. The second-order valence-electron chi connectivity index (χ2n) is 5.46. The SMILES string of the molecule is CCC(CC)(CN)N(C)S(=O)(=O)NC(C)(C)C. The summed E-state index contributed by atoms with van der Waals surface area (Å²) < 4.78 is 28.5. The van der Waals surface area contributed by atoms with Crippen LogP contribution in [0.3, 0.4) is 0 Å². The van der Waals surface area contributed by atoms with Crippen molar-refractivity contribution in [3.63, 3.8) is 0 Å². The van der Waals surface area contributed by atoms with Crippen molar-refractivity contribution in [1.82, 2.24) is 9.03 Å². The topological polar surface area (TPSA) is 75.4 Å². The third kappa shape index (κ3) is 4.21. The standard InChI is InChI=1S/C11H27N3O2S/c1-7-11(8-2,9-12)14(6)17(15,16)13-10(3,4)5/h13H,7-9,12H2,1-6H3. The van der Waals surface area contributed by atoms with Gasteiger partial charge in [-0.05, 0) is 33.6 Å². The molecule has 0 atom stereocenters. The van der Waals surface area contributed by atoms with Gasteiger partial charge in [0.1, 0.15) is 0 Å². The maximum atomic E-state index is 12.2. The number of nitrogens with zero attached hydrogens (tertiary/aromatic N) is 1. The fraction of sp³-hybridized carbons (Fsp3) is 1.00. The highest BCUT2D eigenvalue weighted by Crippen LogP contribution is 2.24. The van der Waals surface area contributed by atoms with E-state index in [4.69, 9.17) is 5.73 Å². The van der Waals surface area contributed by atoms with Gasteiger partial charge >= 0.3 is 0 Å². The molecule has 0 heterocycles. The van der Waals surface area contributed by atoms with E-state index in [9.17, 15) is 8.42 Å². The summed E-state index contributed by atoms with van der Waals surface area (Å²) in [5.74, 6) is 0. The Balaban J connectivity index is 5.20. The smallest absolute Gasteiger partial charge is 0.280 e. The lowest BCUT2D eigenvalue weighted by molar-refractivity contribution is 0.203. The minimum absolute atomic E-state index is 0.321. The van der Waals surface area contributed by atoms with Crippen molar-refractivity contribution in [1.29, 1.82) is 0 Å². The van der Waals surface area contributed by atoms with Gasteiger partial charge in [-0.1, -0.05) is 13.8 Å². The zero-order valence-corrected chi connectivity index (χ0v) is 12.7. The van der Waals surface area contributed by atoms with E-state index in [0.29, 0.717) is 19.4 Å². The first-order valence-electron chi connectivity index (χ1n) is 6.02. The Morgan fingerprint density at radius 1 is 1.18 bits per heavy atom. The molecule has 3 N–H and O–H groups in total. The monoisotopic (exact) mass is 265 g/mol. The fourth-order valence-electron chi connectivity index (χ4n) is 1.82. The van der Waals surface area contributed by atoms with Crippen LogP contribution in [-0.2, 0) is 10.2 Å². The summed E-state index contributed by atoms with van der Waals surface area (Å²) in [6.45, 7) is 9.70. The number of nitrogens with one attached hydrogen (secondary N) is 1. The van der Waals surface area contributed by atoms with Crippen molar-refractivity contribution < 1.29 is 8.42 Å². The van der Waals surface area contributed by atoms with Gasteiger partial charge in [0.05, 0.1) is 0 Å². The molecule has 0 aliphatic rings. The minimum atomic E-state index is -3.51. The van der Waals surface area contributed by atoms with Crippen LogP contribution in [-0.4, -0.2) is 37.4 Å². The largest absolute Gasteiger partial charge is 0.329 e. The summed E-state index contributed by atoms with van der Waals surface area (Å²) in [7, 11) is -1.92. The molecule has 0 saturated carbocycles. The highest BCUT2D eigenvalue weighted by Gasteiger charge is 2.38. The molecule has 0 aliphatic carbocycles. The molecule has 0 aromatic carbocycles. The molecule has 0 fully saturated rings. The quantitative estimate of drug-likeness (QED) is 0.754. The number of nitrogens with two attached hydrogens (primary N) is 1. The maximum absolute atomic E-state index is 12.2. The van der Waals surface area contributed by atoms with Gasteiger partial charge in [0, 0.05) is 24.7 Å². The first-order valence-corrected chi connectivity index (χ1v) is 7.46. The summed E-state index contributed by atoms with van der Waals surface area (Å²) in [5.41, 5.74) is 4.76. The zero-order valence-electron chi connectivity index (χ0n) is 11.9. The van der Waals surface area contributed by atoms with Gasteiger partial charge < -0.3 is 5.73 Å². The molecule has 0 aromatic rings. The second kappa shape index (κ2) is 5.65. The molecule has 0 saturated heterocycles. The van der Waals surface area contributed by atoms with Crippen molar-refractivity contribution in [3.05, 3.63) is 0 Å². The van der Waals surface area contributed by atoms with Crippen LogP contribution in [0.2, 0.25) is 0 Å². The molecule has 104 valence electrons. The Bertz CT molecular complexity index is 321. The lowest BCUT2D eigenvalue weighted by Crippen LogP contribution is -2.59. The van der Waals surface area contributed by atoms with Crippen molar-refractivity contribution >= 4 is 10.2 Å². The third-order valence-electron chi connectivity index (χ3n) is 3.16. The Labute approximate surface area is 106 Å². The van der Waals surface area contributed by atoms with Gasteiger partial charge in [-0.15, -0.1) is 0 Å². The van der Waals surface area contributed by atoms with Gasteiger partial charge in [-0.3, -0.25) is 0 Å². The van der Waals surface area contributed by atoms with Crippen molar-refractivity contribution in [2.75, 3.05) is 13.6 Å². The molecule has 0 spiro atoms. The summed E-state index contributed by atoms with van der Waals surface area (Å²) in [6, 6.07) is 0. The highest BCUT2D eigenvalue weighted by atomic mass is 32.2. The van der Waals surface area contributed by atoms with E-state index >= 15 is 0 Å². The van der Waals surface area contributed by atoms with E-state index in [0.717, 1.165) is 0 Å². The van der Waals surface area contributed by atoms with E-state index in [2.05, 4.69) is 4.72 Å². The first-order chi connectivity index (χ1) is 7.54. The van der Waals surface area contributed by atoms with Gasteiger partial charge in [-0.2, -0.15) is 17.4 Å². The lowest BCUT2D eigenvalue weighted by atomic mass is 9.93. The van der Waals surface area contributed by atoms with Crippen LogP contribution in [0.15, 0.2) is 0 Å². The van der Waals surface area contributed by atoms with Crippen LogP contribution >= 0.6 is 0 Å². The molecule has 0 aliphatic heterocycles. The van der Waals surface area contributed by atoms with Crippen LogP contribution in [0.5, 0.6) is 0 Å². The number of hydrogen-bond donors (Lipinski definition) is 2.